The van der Waals surface area contributed by atoms with Crippen LogP contribution in [-0.2, 0) is 9.53 Å². The fourth-order valence-corrected chi connectivity index (χ4v) is 0.930. The minimum atomic E-state index is -1.12. The predicted molar refractivity (Wildman–Crippen MR) is 59.3 cm³/mol. The van der Waals surface area contributed by atoms with Crippen molar-refractivity contribution in [1.82, 2.24) is 0 Å². The van der Waals surface area contributed by atoms with E-state index in [-0.39, 0.29) is 49.2 Å². The van der Waals surface area contributed by atoms with Crippen molar-refractivity contribution in [1.29, 1.82) is 0 Å². The maximum absolute atomic E-state index is 10.6. The van der Waals surface area contributed by atoms with Crippen LogP contribution in [0.1, 0.15) is 5.56 Å². The van der Waals surface area contributed by atoms with Crippen LogP contribution in [0.2, 0.25) is 0 Å². The van der Waals surface area contributed by atoms with E-state index >= 15 is 0 Å². The first-order valence-electron chi connectivity index (χ1n) is 3.91. The number of ether oxygens (including phenoxy) is 1. The molecule has 4 nitrogen and oxygen atoms in total. The number of rotatable bonds is 3. The van der Waals surface area contributed by atoms with E-state index in [0.29, 0.717) is 5.56 Å². The molecule has 15 heavy (non-hydrogen) atoms. The predicted octanol–water partition coefficient (Wildman–Crippen LogP) is 0.548. The summed E-state index contributed by atoms with van der Waals surface area (Å²) in [6.45, 7) is 0. The van der Waals surface area contributed by atoms with Gasteiger partial charge in [0.1, 0.15) is 5.75 Å². The molecule has 1 rings (SSSR count). The molecule has 0 aliphatic heterocycles. The number of phenolic OH excluding ortho intramolecular Hbond substituents is 1. The van der Waals surface area contributed by atoms with Crippen LogP contribution in [0.25, 0.3) is 6.08 Å². The maximum atomic E-state index is 10.6. The topological polar surface area (TPSA) is 66.8 Å². The minimum absolute atomic E-state index is 0. The summed E-state index contributed by atoms with van der Waals surface area (Å²) in [5.74, 6) is -1.13. The summed E-state index contributed by atoms with van der Waals surface area (Å²) in [4.78, 5) is 10.6. The Hall–Kier alpha value is -0.710. The molecule has 0 bridgehead atoms. The van der Waals surface area contributed by atoms with E-state index in [1.165, 1.54) is 25.3 Å². The van der Waals surface area contributed by atoms with Gasteiger partial charge >= 0.3 is 43.7 Å². The van der Waals surface area contributed by atoms with E-state index in [0.717, 1.165) is 0 Å². The van der Waals surface area contributed by atoms with Crippen LogP contribution >= 0.6 is 0 Å². The van der Waals surface area contributed by atoms with Gasteiger partial charge in [-0.25, -0.2) is 4.79 Å². The molecule has 0 saturated heterocycles. The van der Waals surface area contributed by atoms with Gasteiger partial charge in [-0.05, 0) is 23.8 Å². The van der Waals surface area contributed by atoms with E-state index in [1.54, 1.807) is 12.1 Å². The molecule has 1 aromatic rings. The first-order chi connectivity index (χ1) is 6.63. The number of carboxylic acid groups (broad SMARTS) is 1. The number of carbonyl (C=O) groups is 1. The van der Waals surface area contributed by atoms with Crippen LogP contribution in [0.4, 0.5) is 0 Å². The molecule has 0 atom stereocenters. The molecule has 0 amide bonds. The van der Waals surface area contributed by atoms with Crippen LogP contribution in [0.15, 0.2) is 30.0 Å². The second-order valence-corrected chi connectivity index (χ2v) is 2.61. The Kier molecular flexibility index (Phi) is 6.40. The second-order valence-electron chi connectivity index (χ2n) is 2.61. The normalized spacial score (nSPS) is 10.3. The molecule has 0 unspecified atom stereocenters. The van der Waals surface area contributed by atoms with Crippen molar-refractivity contribution in [3.63, 3.8) is 0 Å². The monoisotopic (exact) mass is 236 g/mol. The third-order valence-electron chi connectivity index (χ3n) is 1.62. The summed E-state index contributed by atoms with van der Waals surface area (Å²) in [5.41, 5.74) is 0.655. The molecule has 0 aliphatic carbocycles. The molecule has 0 saturated carbocycles. The molecule has 78 valence electrons. The first kappa shape index (κ1) is 14.3. The van der Waals surface area contributed by atoms with Crippen molar-refractivity contribution < 1.29 is 19.7 Å². The fourth-order valence-electron chi connectivity index (χ4n) is 0.930. The Morgan fingerprint density at radius 2 is 1.87 bits per heavy atom. The Balaban J connectivity index is 0.00000196. The van der Waals surface area contributed by atoms with Gasteiger partial charge in [-0.2, -0.15) is 0 Å². The van der Waals surface area contributed by atoms with E-state index in [4.69, 9.17) is 10.2 Å². The molecule has 1 aromatic carbocycles. The first-order valence-corrected chi connectivity index (χ1v) is 3.91. The van der Waals surface area contributed by atoms with E-state index in [9.17, 15) is 4.79 Å². The number of benzene rings is 1. The molecule has 5 heteroatoms. The molecule has 0 spiro atoms. The Labute approximate surface area is 117 Å². The average molecular weight is 236 g/mol. The molecule has 2 N–H and O–H groups in total. The van der Waals surface area contributed by atoms with Crippen molar-refractivity contribution in [2.75, 3.05) is 7.11 Å². The van der Waals surface area contributed by atoms with Crippen LogP contribution in [0.5, 0.6) is 5.75 Å². The Bertz CT molecular complexity index is 356. The average Bonchev–Trinajstić information content (AvgIpc) is 2.16. The number of phenols is 1. The standard InChI is InChI=1S/C10H10O4.Ca.2H/c1-14-9(10(12)13)6-7-2-4-8(11)5-3-7;;;/h2-6,11H,1H3,(H,12,13);;;. The molecule has 0 radical (unpaired) electrons. The van der Waals surface area contributed by atoms with Crippen molar-refractivity contribution >= 4 is 49.8 Å². The van der Waals surface area contributed by atoms with E-state index in [1.807, 2.05) is 0 Å². The van der Waals surface area contributed by atoms with Gasteiger partial charge in [-0.3, -0.25) is 0 Å². The van der Waals surface area contributed by atoms with Gasteiger partial charge in [-0.15, -0.1) is 0 Å². The molecule has 0 fully saturated rings. The second kappa shape index (κ2) is 6.71. The van der Waals surface area contributed by atoms with Gasteiger partial charge in [0.25, 0.3) is 0 Å². The third-order valence-corrected chi connectivity index (χ3v) is 1.62. The molecule has 0 aliphatic rings. The Morgan fingerprint density at radius 3 is 2.27 bits per heavy atom. The van der Waals surface area contributed by atoms with Crippen molar-refractivity contribution in [2.24, 2.45) is 0 Å². The van der Waals surface area contributed by atoms with E-state index in [2.05, 4.69) is 4.74 Å². The zero-order chi connectivity index (χ0) is 10.6. The summed E-state index contributed by atoms with van der Waals surface area (Å²) >= 11 is 0. The zero-order valence-electron chi connectivity index (χ0n) is 7.60. The number of aliphatic carboxylic acids is 1. The number of methoxy groups -OCH3 is 1. The van der Waals surface area contributed by atoms with Crippen LogP contribution in [-0.4, -0.2) is 61.0 Å². The summed E-state index contributed by atoms with van der Waals surface area (Å²) in [6.07, 6.45) is 1.38. The SMILES string of the molecule is COC(=Cc1ccc(O)cc1)C(=O)O.[CaH2]. The van der Waals surface area contributed by atoms with Gasteiger partial charge in [-0.1, -0.05) is 12.1 Å². The van der Waals surface area contributed by atoms with E-state index < -0.39 is 5.97 Å². The molecular formula is C10H12CaO4. The summed E-state index contributed by atoms with van der Waals surface area (Å²) in [5, 5.41) is 17.6. The summed E-state index contributed by atoms with van der Waals surface area (Å²) in [7, 11) is 1.29. The van der Waals surface area contributed by atoms with Crippen molar-refractivity contribution in [3.05, 3.63) is 35.6 Å². The fraction of sp³-hybridized carbons (Fsp3) is 0.100. The van der Waals surface area contributed by atoms with Crippen LogP contribution in [0, 0.1) is 0 Å². The number of carboxylic acids is 1. The number of hydrogen-bond donors (Lipinski definition) is 2. The number of hydrogen-bond acceptors (Lipinski definition) is 3. The van der Waals surface area contributed by atoms with Gasteiger partial charge in [0.15, 0.2) is 0 Å². The van der Waals surface area contributed by atoms with Crippen molar-refractivity contribution in [2.45, 2.75) is 0 Å². The van der Waals surface area contributed by atoms with Crippen LogP contribution in [0.3, 0.4) is 0 Å². The summed E-state index contributed by atoms with van der Waals surface area (Å²) < 4.78 is 4.64. The van der Waals surface area contributed by atoms with Gasteiger partial charge in [0.2, 0.25) is 5.76 Å². The quantitative estimate of drug-likeness (QED) is 0.457. The van der Waals surface area contributed by atoms with Gasteiger partial charge < -0.3 is 14.9 Å². The van der Waals surface area contributed by atoms with Gasteiger partial charge in [0, 0.05) is 0 Å². The molecular weight excluding hydrogens is 224 g/mol. The zero-order valence-corrected chi connectivity index (χ0v) is 7.60. The molecule has 0 heterocycles. The van der Waals surface area contributed by atoms with Crippen molar-refractivity contribution in [3.8, 4) is 5.75 Å². The van der Waals surface area contributed by atoms with Gasteiger partial charge in [0.05, 0.1) is 7.11 Å². The Morgan fingerprint density at radius 1 is 1.33 bits per heavy atom. The molecule has 0 aromatic heterocycles. The summed E-state index contributed by atoms with van der Waals surface area (Å²) in [6, 6.07) is 6.14. The number of aromatic hydroxyl groups is 1. The van der Waals surface area contributed by atoms with Crippen LogP contribution < -0.4 is 0 Å². The third kappa shape index (κ3) is 4.55.